The van der Waals surface area contributed by atoms with Crippen LogP contribution in [-0.2, 0) is 4.74 Å². The van der Waals surface area contributed by atoms with Gasteiger partial charge in [0.05, 0.1) is 21.9 Å². The molecule has 0 amide bonds. The fraction of sp³-hybridized carbons (Fsp3) is 0.0714. The number of methoxy groups -OCH3 is 1. The predicted molar refractivity (Wildman–Crippen MR) is 81.4 cm³/mol. The van der Waals surface area contributed by atoms with E-state index < -0.39 is 0 Å². The summed E-state index contributed by atoms with van der Waals surface area (Å²) in [5, 5.41) is 0. The lowest BCUT2D eigenvalue weighted by atomic mass is 10.2. The minimum absolute atomic E-state index is 0.372. The molecule has 0 bridgehead atoms. The van der Waals surface area contributed by atoms with Gasteiger partial charge < -0.3 is 15.2 Å². The van der Waals surface area contributed by atoms with Crippen molar-refractivity contribution in [3.05, 3.63) is 51.6 Å². The van der Waals surface area contributed by atoms with Crippen LogP contribution < -0.4 is 10.5 Å². The summed E-state index contributed by atoms with van der Waals surface area (Å²) in [5.41, 5.74) is 6.87. The number of benzene rings is 2. The molecule has 2 aromatic rings. The first-order chi connectivity index (χ1) is 9.11. The Morgan fingerprint density at radius 3 is 2.53 bits per heavy atom. The first kappa shape index (κ1) is 13.7. The Bertz CT molecular complexity index is 613. The van der Waals surface area contributed by atoms with E-state index in [-0.39, 0.29) is 5.97 Å². The minimum Gasteiger partial charge on any atom is -0.465 e. The lowest BCUT2D eigenvalue weighted by Gasteiger charge is -2.10. The molecule has 2 aromatic carbocycles. The van der Waals surface area contributed by atoms with E-state index in [2.05, 4.69) is 27.3 Å². The second-order valence-electron chi connectivity index (χ2n) is 3.78. The van der Waals surface area contributed by atoms with Crippen LogP contribution in [-0.4, -0.2) is 13.1 Å². The van der Waals surface area contributed by atoms with Crippen molar-refractivity contribution in [2.45, 2.75) is 0 Å². The van der Waals surface area contributed by atoms with Crippen LogP contribution in [0.1, 0.15) is 10.4 Å². The van der Waals surface area contributed by atoms with Crippen LogP contribution in [0.3, 0.4) is 0 Å². The van der Waals surface area contributed by atoms with Crippen molar-refractivity contribution in [2.24, 2.45) is 0 Å². The molecule has 0 aromatic heterocycles. The quantitative estimate of drug-likeness (QED) is 0.512. The molecule has 4 nitrogen and oxygen atoms in total. The maximum absolute atomic E-state index is 11.4. The Hall–Kier alpha value is -1.76. The number of anilines is 1. The number of hydrogen-bond acceptors (Lipinski definition) is 4. The summed E-state index contributed by atoms with van der Waals surface area (Å²) in [5.74, 6) is 0.862. The fourth-order valence-corrected chi connectivity index (χ4v) is 2.15. The van der Waals surface area contributed by atoms with Gasteiger partial charge in [0.15, 0.2) is 0 Å². The topological polar surface area (TPSA) is 61.5 Å². The number of carbonyl (C=O) groups is 1. The third kappa shape index (κ3) is 3.17. The number of nitrogen functional groups attached to an aromatic ring is 1. The van der Waals surface area contributed by atoms with Gasteiger partial charge in [-0.3, -0.25) is 0 Å². The maximum Gasteiger partial charge on any atom is 0.337 e. The standard InChI is InChI=1S/C14H12INO3/c1-18-14(17)9-6-7-12(10(15)8-9)19-13-5-3-2-4-11(13)16/h2-8H,16H2,1H3. The van der Waals surface area contributed by atoms with Crippen LogP contribution in [0.4, 0.5) is 5.69 Å². The van der Waals surface area contributed by atoms with Gasteiger partial charge in [0, 0.05) is 0 Å². The molecule has 0 spiro atoms. The van der Waals surface area contributed by atoms with Gasteiger partial charge in [0.2, 0.25) is 0 Å². The van der Waals surface area contributed by atoms with Gasteiger partial charge in [-0.2, -0.15) is 0 Å². The largest absolute Gasteiger partial charge is 0.465 e. The van der Waals surface area contributed by atoms with Crippen LogP contribution in [0.15, 0.2) is 42.5 Å². The Kier molecular flexibility index (Phi) is 4.26. The third-order valence-corrected chi connectivity index (χ3v) is 3.33. The van der Waals surface area contributed by atoms with Crippen molar-refractivity contribution in [2.75, 3.05) is 12.8 Å². The second-order valence-corrected chi connectivity index (χ2v) is 4.94. The van der Waals surface area contributed by atoms with E-state index in [1.165, 1.54) is 7.11 Å². The lowest BCUT2D eigenvalue weighted by Crippen LogP contribution is -2.02. The van der Waals surface area contributed by atoms with Crippen molar-refractivity contribution in [3.8, 4) is 11.5 Å². The van der Waals surface area contributed by atoms with Crippen LogP contribution >= 0.6 is 22.6 Å². The van der Waals surface area contributed by atoms with Crippen LogP contribution in [0, 0.1) is 3.57 Å². The molecular formula is C14H12INO3. The number of carbonyl (C=O) groups excluding carboxylic acids is 1. The van der Waals surface area contributed by atoms with Crippen LogP contribution in [0.25, 0.3) is 0 Å². The Morgan fingerprint density at radius 1 is 1.16 bits per heavy atom. The molecule has 5 heteroatoms. The van der Waals surface area contributed by atoms with Gasteiger partial charge in [0.25, 0.3) is 0 Å². The number of ether oxygens (including phenoxy) is 2. The van der Waals surface area contributed by atoms with Crippen molar-refractivity contribution < 1.29 is 14.3 Å². The Balaban J connectivity index is 2.27. The highest BCUT2D eigenvalue weighted by Crippen LogP contribution is 2.30. The molecule has 0 aliphatic heterocycles. The van der Waals surface area contributed by atoms with Gasteiger partial charge in [-0.05, 0) is 52.9 Å². The zero-order chi connectivity index (χ0) is 13.8. The van der Waals surface area contributed by atoms with E-state index in [9.17, 15) is 4.79 Å². The van der Waals surface area contributed by atoms with Gasteiger partial charge in [-0.25, -0.2) is 4.79 Å². The highest BCUT2D eigenvalue weighted by Gasteiger charge is 2.10. The first-order valence-electron chi connectivity index (χ1n) is 5.52. The summed E-state index contributed by atoms with van der Waals surface area (Å²) >= 11 is 2.10. The lowest BCUT2D eigenvalue weighted by molar-refractivity contribution is 0.0600. The molecule has 2 rings (SSSR count). The molecule has 0 atom stereocenters. The fourth-order valence-electron chi connectivity index (χ4n) is 1.52. The summed E-state index contributed by atoms with van der Waals surface area (Å²) in [4.78, 5) is 11.4. The number of hydrogen-bond donors (Lipinski definition) is 1. The molecule has 19 heavy (non-hydrogen) atoms. The summed E-state index contributed by atoms with van der Waals surface area (Å²) in [7, 11) is 1.35. The molecule has 2 N–H and O–H groups in total. The molecule has 0 unspecified atom stereocenters. The maximum atomic E-state index is 11.4. The van der Waals surface area contributed by atoms with E-state index in [1.807, 2.05) is 12.1 Å². The van der Waals surface area contributed by atoms with Gasteiger partial charge in [-0.15, -0.1) is 0 Å². The normalized spacial score (nSPS) is 10.0. The van der Waals surface area contributed by atoms with Crippen LogP contribution in [0.5, 0.6) is 11.5 Å². The zero-order valence-electron chi connectivity index (χ0n) is 10.2. The van der Waals surface area contributed by atoms with E-state index in [0.717, 1.165) is 3.57 Å². The third-order valence-electron chi connectivity index (χ3n) is 2.49. The number of para-hydroxylation sites is 2. The SMILES string of the molecule is COC(=O)c1ccc(Oc2ccccc2N)c(I)c1. The van der Waals surface area contributed by atoms with Crippen molar-refractivity contribution in [1.29, 1.82) is 0 Å². The first-order valence-corrected chi connectivity index (χ1v) is 6.60. The van der Waals surface area contributed by atoms with Crippen molar-refractivity contribution >= 4 is 34.2 Å². The Labute approximate surface area is 124 Å². The molecule has 0 saturated carbocycles. The van der Waals surface area contributed by atoms with E-state index in [4.69, 9.17) is 10.5 Å². The number of halogens is 1. The minimum atomic E-state index is -0.372. The summed E-state index contributed by atoms with van der Waals surface area (Å²) in [6, 6.07) is 12.3. The average Bonchev–Trinajstić information content (AvgIpc) is 2.42. The summed E-state index contributed by atoms with van der Waals surface area (Å²) in [6.45, 7) is 0. The van der Waals surface area contributed by atoms with Crippen molar-refractivity contribution in [3.63, 3.8) is 0 Å². The molecule has 0 saturated heterocycles. The summed E-state index contributed by atoms with van der Waals surface area (Å²) < 4.78 is 11.2. The van der Waals surface area contributed by atoms with Gasteiger partial charge >= 0.3 is 5.97 Å². The summed E-state index contributed by atoms with van der Waals surface area (Å²) in [6.07, 6.45) is 0. The van der Waals surface area contributed by atoms with Gasteiger partial charge in [-0.1, -0.05) is 12.1 Å². The molecule has 0 fully saturated rings. The molecule has 0 aliphatic rings. The van der Waals surface area contributed by atoms with E-state index >= 15 is 0 Å². The molecule has 0 heterocycles. The van der Waals surface area contributed by atoms with Crippen molar-refractivity contribution in [1.82, 2.24) is 0 Å². The van der Waals surface area contributed by atoms with Gasteiger partial charge in [0.1, 0.15) is 11.5 Å². The van der Waals surface area contributed by atoms with E-state index in [1.54, 1.807) is 30.3 Å². The average molecular weight is 369 g/mol. The smallest absolute Gasteiger partial charge is 0.337 e. The molecule has 0 radical (unpaired) electrons. The van der Waals surface area contributed by atoms with Crippen LogP contribution in [0.2, 0.25) is 0 Å². The second kappa shape index (κ2) is 5.92. The number of rotatable bonds is 3. The molecular weight excluding hydrogens is 357 g/mol. The predicted octanol–water partition coefficient (Wildman–Crippen LogP) is 3.45. The highest BCUT2D eigenvalue weighted by atomic mass is 127. The molecule has 0 aliphatic carbocycles. The number of esters is 1. The number of nitrogens with two attached hydrogens (primary N) is 1. The zero-order valence-corrected chi connectivity index (χ0v) is 12.4. The monoisotopic (exact) mass is 369 g/mol. The molecule has 98 valence electrons. The Morgan fingerprint density at radius 2 is 1.89 bits per heavy atom. The van der Waals surface area contributed by atoms with E-state index in [0.29, 0.717) is 22.7 Å². The highest BCUT2D eigenvalue weighted by molar-refractivity contribution is 14.1.